The summed E-state index contributed by atoms with van der Waals surface area (Å²) >= 11 is 1.25. The first-order chi connectivity index (χ1) is 15.7. The number of amides is 2. The number of carboxylic acids is 2. The van der Waals surface area contributed by atoms with Crippen LogP contribution in [0.1, 0.15) is 38.0 Å². The van der Waals surface area contributed by atoms with Crippen molar-refractivity contribution in [3.05, 3.63) is 89.5 Å². The Morgan fingerprint density at radius 1 is 0.758 bits per heavy atom. The molecule has 0 heterocycles. The van der Waals surface area contributed by atoms with E-state index < -0.39 is 23.1 Å². The molecule has 0 aromatic heterocycles. The fourth-order valence-electron chi connectivity index (χ4n) is 2.94. The van der Waals surface area contributed by atoms with Gasteiger partial charge in [0.25, 0.3) is 5.91 Å². The summed E-state index contributed by atoms with van der Waals surface area (Å²) in [4.78, 5) is 48.3. The number of hydrogen-bond donors (Lipinski definition) is 4. The predicted octanol–water partition coefficient (Wildman–Crippen LogP) is 4.45. The van der Waals surface area contributed by atoms with Crippen LogP contribution in [0, 0.1) is 0 Å². The number of aromatic carboxylic acids is 2. The number of hydrogen-bond acceptors (Lipinski definition) is 5. The minimum atomic E-state index is -1.20. The van der Waals surface area contributed by atoms with Crippen molar-refractivity contribution in [3.8, 4) is 0 Å². The van der Waals surface area contributed by atoms with Crippen LogP contribution >= 0.6 is 11.8 Å². The monoisotopic (exact) mass is 464 g/mol. The van der Waals surface area contributed by atoms with Gasteiger partial charge in [0.1, 0.15) is 0 Å². The Labute approximate surface area is 193 Å². The maximum absolute atomic E-state index is 12.6. The molecule has 1 atom stereocenters. The molecule has 2 amide bonds. The highest BCUT2D eigenvalue weighted by Gasteiger charge is 2.18. The highest BCUT2D eigenvalue weighted by molar-refractivity contribution is 8.00. The summed E-state index contributed by atoms with van der Waals surface area (Å²) in [5, 5.41) is 23.2. The Morgan fingerprint density at radius 2 is 1.39 bits per heavy atom. The first-order valence-electron chi connectivity index (χ1n) is 9.79. The number of carboxylic acid groups (broad SMARTS) is 2. The lowest BCUT2D eigenvalue weighted by Gasteiger charge is -2.13. The zero-order valence-corrected chi connectivity index (χ0v) is 18.3. The molecule has 4 N–H and O–H groups in total. The number of carbonyl (C=O) groups excluding carboxylic acids is 2. The molecule has 0 saturated carbocycles. The van der Waals surface area contributed by atoms with Crippen molar-refractivity contribution in [3.63, 3.8) is 0 Å². The van der Waals surface area contributed by atoms with Gasteiger partial charge >= 0.3 is 11.9 Å². The highest BCUT2D eigenvalue weighted by atomic mass is 32.2. The van der Waals surface area contributed by atoms with Crippen LogP contribution in [0.4, 0.5) is 11.4 Å². The van der Waals surface area contributed by atoms with Crippen LogP contribution in [-0.2, 0) is 4.79 Å². The quantitative estimate of drug-likeness (QED) is 0.362. The molecule has 33 heavy (non-hydrogen) atoms. The Bertz CT molecular complexity index is 1230. The molecular weight excluding hydrogens is 444 g/mol. The molecule has 0 aliphatic heterocycles. The van der Waals surface area contributed by atoms with Gasteiger partial charge in [-0.3, -0.25) is 9.59 Å². The molecule has 3 aromatic carbocycles. The van der Waals surface area contributed by atoms with Gasteiger partial charge in [0.05, 0.1) is 21.9 Å². The third kappa shape index (κ3) is 6.20. The van der Waals surface area contributed by atoms with Crippen LogP contribution in [0.15, 0.2) is 77.7 Å². The van der Waals surface area contributed by atoms with E-state index in [4.69, 9.17) is 5.11 Å². The SMILES string of the molecule is CC(Sc1cccc(NC(=O)c2ccccc2C(=O)O)c1)C(=O)Nc1cccc(C(=O)O)c1. The Morgan fingerprint density at radius 3 is 2.06 bits per heavy atom. The van der Waals surface area contributed by atoms with E-state index in [-0.39, 0.29) is 22.6 Å². The second-order valence-electron chi connectivity index (χ2n) is 6.97. The van der Waals surface area contributed by atoms with E-state index in [0.717, 1.165) is 0 Å². The van der Waals surface area contributed by atoms with Gasteiger partial charge < -0.3 is 20.8 Å². The van der Waals surface area contributed by atoms with Gasteiger partial charge in [0.2, 0.25) is 5.91 Å². The van der Waals surface area contributed by atoms with Gasteiger partial charge in [-0.05, 0) is 55.5 Å². The van der Waals surface area contributed by atoms with Crippen LogP contribution in [0.2, 0.25) is 0 Å². The number of anilines is 2. The van der Waals surface area contributed by atoms with E-state index in [1.54, 1.807) is 55.5 Å². The standard InChI is InChI=1S/C24H20N2O6S/c1-14(21(27)25-16-7-4-6-15(12-16)23(29)30)33-18-9-5-8-17(13-18)26-22(28)19-10-2-3-11-20(19)24(31)32/h2-14H,1H3,(H,25,27)(H,26,28)(H,29,30)(H,31,32). The summed E-state index contributed by atoms with van der Waals surface area (Å²) in [5.41, 5.74) is 0.843. The van der Waals surface area contributed by atoms with Crippen LogP contribution in [0.25, 0.3) is 0 Å². The molecule has 0 aliphatic rings. The zero-order valence-electron chi connectivity index (χ0n) is 17.4. The first-order valence-corrected chi connectivity index (χ1v) is 10.7. The second-order valence-corrected chi connectivity index (χ2v) is 8.38. The summed E-state index contributed by atoms with van der Waals surface area (Å²) in [7, 11) is 0. The van der Waals surface area contributed by atoms with Gasteiger partial charge in [-0.1, -0.05) is 24.3 Å². The first kappa shape index (κ1) is 23.6. The Kier molecular flexibility index (Phi) is 7.47. The number of thioether (sulfide) groups is 1. The normalized spacial score (nSPS) is 11.3. The smallest absolute Gasteiger partial charge is 0.336 e. The molecule has 0 bridgehead atoms. The molecule has 9 heteroatoms. The highest BCUT2D eigenvalue weighted by Crippen LogP contribution is 2.27. The predicted molar refractivity (Wildman–Crippen MR) is 125 cm³/mol. The summed E-state index contributed by atoms with van der Waals surface area (Å²) in [6.07, 6.45) is 0. The molecule has 0 fully saturated rings. The lowest BCUT2D eigenvalue weighted by atomic mass is 10.1. The van der Waals surface area contributed by atoms with Crippen molar-refractivity contribution in [1.82, 2.24) is 0 Å². The third-order valence-corrected chi connectivity index (χ3v) is 5.65. The Hall–Kier alpha value is -4.11. The topological polar surface area (TPSA) is 133 Å². The van der Waals surface area contributed by atoms with Gasteiger partial charge in [-0.25, -0.2) is 9.59 Å². The Balaban J connectivity index is 1.66. The number of benzene rings is 3. The fourth-order valence-corrected chi connectivity index (χ4v) is 3.87. The van der Waals surface area contributed by atoms with Crippen LogP contribution < -0.4 is 10.6 Å². The number of rotatable bonds is 8. The van der Waals surface area contributed by atoms with Crippen LogP contribution in [-0.4, -0.2) is 39.2 Å². The van der Waals surface area contributed by atoms with Crippen molar-refractivity contribution in [2.75, 3.05) is 10.6 Å². The molecular formula is C24H20N2O6S. The van der Waals surface area contributed by atoms with Crippen molar-refractivity contribution in [2.45, 2.75) is 17.1 Å². The third-order valence-electron chi connectivity index (χ3n) is 4.55. The van der Waals surface area contributed by atoms with E-state index >= 15 is 0 Å². The zero-order chi connectivity index (χ0) is 24.0. The number of nitrogens with one attached hydrogen (secondary N) is 2. The van der Waals surface area contributed by atoms with Gasteiger partial charge in [-0.15, -0.1) is 11.8 Å². The lowest BCUT2D eigenvalue weighted by Crippen LogP contribution is -2.22. The van der Waals surface area contributed by atoms with Gasteiger partial charge in [0, 0.05) is 16.3 Å². The van der Waals surface area contributed by atoms with E-state index in [1.165, 1.54) is 36.0 Å². The van der Waals surface area contributed by atoms with E-state index in [2.05, 4.69) is 10.6 Å². The maximum Gasteiger partial charge on any atom is 0.336 e. The molecule has 0 radical (unpaired) electrons. The van der Waals surface area contributed by atoms with E-state index in [9.17, 15) is 24.3 Å². The van der Waals surface area contributed by atoms with Crippen molar-refractivity contribution in [1.29, 1.82) is 0 Å². The fraction of sp³-hybridized carbons (Fsp3) is 0.0833. The maximum atomic E-state index is 12.6. The van der Waals surface area contributed by atoms with E-state index in [1.807, 2.05) is 0 Å². The number of carbonyl (C=O) groups is 4. The summed E-state index contributed by atoms with van der Waals surface area (Å²) in [6.45, 7) is 1.70. The van der Waals surface area contributed by atoms with Crippen molar-refractivity contribution >= 4 is 46.9 Å². The van der Waals surface area contributed by atoms with E-state index in [0.29, 0.717) is 16.3 Å². The molecule has 0 saturated heterocycles. The minimum absolute atomic E-state index is 0.0411. The average Bonchev–Trinajstić information content (AvgIpc) is 2.79. The van der Waals surface area contributed by atoms with Crippen molar-refractivity contribution in [2.24, 2.45) is 0 Å². The minimum Gasteiger partial charge on any atom is -0.478 e. The molecule has 168 valence electrons. The molecule has 8 nitrogen and oxygen atoms in total. The molecule has 1 unspecified atom stereocenters. The van der Waals surface area contributed by atoms with Gasteiger partial charge in [-0.2, -0.15) is 0 Å². The van der Waals surface area contributed by atoms with Gasteiger partial charge in [0.15, 0.2) is 0 Å². The van der Waals surface area contributed by atoms with Crippen LogP contribution in [0.5, 0.6) is 0 Å². The lowest BCUT2D eigenvalue weighted by molar-refractivity contribution is -0.115. The van der Waals surface area contributed by atoms with Crippen LogP contribution in [0.3, 0.4) is 0 Å². The molecule has 0 aliphatic carbocycles. The molecule has 3 rings (SSSR count). The molecule has 0 spiro atoms. The largest absolute Gasteiger partial charge is 0.478 e. The molecule has 3 aromatic rings. The summed E-state index contributed by atoms with van der Waals surface area (Å²) in [5.74, 6) is -3.15. The summed E-state index contributed by atoms with van der Waals surface area (Å²) < 4.78 is 0. The average molecular weight is 464 g/mol. The van der Waals surface area contributed by atoms with Crippen molar-refractivity contribution < 1.29 is 29.4 Å². The second kappa shape index (κ2) is 10.5. The summed E-state index contributed by atoms with van der Waals surface area (Å²) in [6, 6.07) is 18.7.